The molecule has 1 heterocycles. The molecular formula is C21H28N4O. The number of rotatable bonds is 6. The van der Waals surface area contributed by atoms with E-state index in [9.17, 15) is 4.79 Å². The van der Waals surface area contributed by atoms with Gasteiger partial charge in [-0.3, -0.25) is 4.79 Å². The predicted octanol–water partition coefficient (Wildman–Crippen LogP) is 4.27. The molecule has 0 bridgehead atoms. The summed E-state index contributed by atoms with van der Waals surface area (Å²) in [6, 6.07) is 10.6. The molecule has 3 rings (SSSR count). The quantitative estimate of drug-likeness (QED) is 0.843. The molecule has 1 aliphatic carbocycles. The molecule has 138 valence electrons. The van der Waals surface area contributed by atoms with Gasteiger partial charge >= 0.3 is 0 Å². The van der Waals surface area contributed by atoms with Crippen LogP contribution in [-0.4, -0.2) is 32.9 Å². The minimum Gasteiger partial charge on any atom is -0.351 e. The third kappa shape index (κ3) is 4.81. The monoisotopic (exact) mass is 352 g/mol. The van der Waals surface area contributed by atoms with Gasteiger partial charge in [0.25, 0.3) is 5.91 Å². The first-order valence-electron chi connectivity index (χ1n) is 9.57. The lowest BCUT2D eigenvalue weighted by Crippen LogP contribution is -2.36. The normalized spacial score (nSPS) is 15.0. The van der Waals surface area contributed by atoms with Crippen LogP contribution in [0.1, 0.15) is 61.9 Å². The maximum Gasteiger partial charge on any atom is 0.257 e. The molecule has 0 aliphatic heterocycles. The number of nitrogens with zero attached hydrogens (tertiary/aromatic N) is 3. The maximum atomic E-state index is 12.9. The smallest absolute Gasteiger partial charge is 0.257 e. The number of carbonyl (C=O) groups excluding carboxylic acids is 1. The van der Waals surface area contributed by atoms with Crippen molar-refractivity contribution in [2.75, 3.05) is 5.32 Å². The van der Waals surface area contributed by atoms with E-state index < -0.39 is 0 Å². The zero-order valence-corrected chi connectivity index (χ0v) is 15.7. The van der Waals surface area contributed by atoms with Gasteiger partial charge in [-0.15, -0.1) is 0 Å². The molecule has 1 saturated carbocycles. The molecule has 0 saturated heterocycles. The van der Waals surface area contributed by atoms with Crippen molar-refractivity contribution in [2.24, 2.45) is 0 Å². The van der Waals surface area contributed by atoms with Crippen molar-refractivity contribution < 1.29 is 4.79 Å². The van der Waals surface area contributed by atoms with E-state index in [1.807, 2.05) is 49.1 Å². The number of anilines is 1. The Morgan fingerprint density at radius 1 is 1.12 bits per heavy atom. The fourth-order valence-electron chi connectivity index (χ4n) is 3.38. The Labute approximate surface area is 155 Å². The van der Waals surface area contributed by atoms with Crippen LogP contribution in [0.2, 0.25) is 0 Å². The molecule has 1 aromatic carbocycles. The number of aromatic nitrogens is 2. The Bertz CT molecular complexity index is 694. The van der Waals surface area contributed by atoms with E-state index in [4.69, 9.17) is 0 Å². The molecule has 0 spiro atoms. The highest BCUT2D eigenvalue weighted by molar-refractivity contribution is 5.93. The van der Waals surface area contributed by atoms with Crippen LogP contribution in [0.5, 0.6) is 0 Å². The van der Waals surface area contributed by atoms with Gasteiger partial charge in [0.15, 0.2) is 0 Å². The van der Waals surface area contributed by atoms with Crippen LogP contribution >= 0.6 is 0 Å². The van der Waals surface area contributed by atoms with Crippen molar-refractivity contribution in [3.05, 3.63) is 53.9 Å². The summed E-state index contributed by atoms with van der Waals surface area (Å²) >= 11 is 0. The van der Waals surface area contributed by atoms with Crippen molar-refractivity contribution in [2.45, 2.75) is 64.6 Å². The lowest BCUT2D eigenvalue weighted by Gasteiger charge is -2.27. The van der Waals surface area contributed by atoms with Crippen LogP contribution < -0.4 is 5.32 Å². The Morgan fingerprint density at radius 3 is 2.38 bits per heavy atom. The number of benzene rings is 1. The zero-order chi connectivity index (χ0) is 18.4. The molecule has 0 atom stereocenters. The molecule has 2 aromatic rings. The van der Waals surface area contributed by atoms with E-state index in [0.717, 1.165) is 5.56 Å². The number of hydrogen-bond acceptors (Lipinski definition) is 4. The second-order valence-electron chi connectivity index (χ2n) is 7.29. The van der Waals surface area contributed by atoms with Gasteiger partial charge in [0.1, 0.15) is 0 Å². The highest BCUT2D eigenvalue weighted by Gasteiger charge is 2.20. The van der Waals surface area contributed by atoms with Gasteiger partial charge in [0.05, 0.1) is 5.56 Å². The van der Waals surface area contributed by atoms with Gasteiger partial charge in [0, 0.05) is 31.0 Å². The summed E-state index contributed by atoms with van der Waals surface area (Å²) in [5.74, 6) is 0.584. The average molecular weight is 352 g/mol. The lowest BCUT2D eigenvalue weighted by molar-refractivity contribution is 0.0689. The Balaban J connectivity index is 1.66. The zero-order valence-electron chi connectivity index (χ0n) is 15.7. The van der Waals surface area contributed by atoms with E-state index in [0.29, 0.717) is 24.1 Å². The summed E-state index contributed by atoms with van der Waals surface area (Å²) in [6.45, 7) is 4.64. The summed E-state index contributed by atoms with van der Waals surface area (Å²) in [7, 11) is 0. The third-order valence-electron chi connectivity index (χ3n) is 4.92. The fourth-order valence-corrected chi connectivity index (χ4v) is 3.38. The minimum absolute atomic E-state index is 0.0342. The van der Waals surface area contributed by atoms with E-state index >= 15 is 0 Å². The van der Waals surface area contributed by atoms with Gasteiger partial charge in [-0.1, -0.05) is 49.6 Å². The van der Waals surface area contributed by atoms with Crippen molar-refractivity contribution >= 4 is 11.9 Å². The molecule has 5 heteroatoms. The molecule has 0 unspecified atom stereocenters. The lowest BCUT2D eigenvalue weighted by atomic mass is 9.96. The van der Waals surface area contributed by atoms with Gasteiger partial charge in [-0.25, -0.2) is 9.97 Å². The third-order valence-corrected chi connectivity index (χ3v) is 4.92. The van der Waals surface area contributed by atoms with E-state index in [-0.39, 0.29) is 11.9 Å². The highest BCUT2D eigenvalue weighted by atomic mass is 16.2. The summed E-state index contributed by atoms with van der Waals surface area (Å²) in [5.41, 5.74) is 1.65. The van der Waals surface area contributed by atoms with Crippen LogP contribution in [0.4, 0.5) is 5.95 Å². The summed E-state index contributed by atoms with van der Waals surface area (Å²) < 4.78 is 0. The minimum atomic E-state index is -0.0342. The number of carbonyl (C=O) groups is 1. The maximum absolute atomic E-state index is 12.9. The topological polar surface area (TPSA) is 58.1 Å². The summed E-state index contributed by atoms with van der Waals surface area (Å²) in [6.07, 6.45) is 9.46. The van der Waals surface area contributed by atoms with Crippen LogP contribution in [0, 0.1) is 0 Å². The molecule has 1 aromatic heterocycles. The Hall–Kier alpha value is -2.43. The van der Waals surface area contributed by atoms with Crippen LogP contribution in [0.15, 0.2) is 42.7 Å². The number of hydrogen-bond donors (Lipinski definition) is 1. The van der Waals surface area contributed by atoms with E-state index in [1.54, 1.807) is 12.4 Å². The molecule has 1 aliphatic rings. The van der Waals surface area contributed by atoms with Crippen molar-refractivity contribution in [1.82, 2.24) is 14.9 Å². The first-order chi connectivity index (χ1) is 12.6. The average Bonchev–Trinajstić information content (AvgIpc) is 2.67. The van der Waals surface area contributed by atoms with E-state index in [2.05, 4.69) is 15.3 Å². The van der Waals surface area contributed by atoms with Gasteiger partial charge in [-0.05, 0) is 32.3 Å². The van der Waals surface area contributed by atoms with Crippen molar-refractivity contribution in [1.29, 1.82) is 0 Å². The number of nitrogens with one attached hydrogen (secondary N) is 1. The van der Waals surface area contributed by atoms with Gasteiger partial charge in [0.2, 0.25) is 5.95 Å². The largest absolute Gasteiger partial charge is 0.351 e. The van der Waals surface area contributed by atoms with Crippen molar-refractivity contribution in [3.8, 4) is 0 Å². The van der Waals surface area contributed by atoms with E-state index in [1.165, 1.54) is 32.1 Å². The second-order valence-corrected chi connectivity index (χ2v) is 7.29. The molecule has 1 fully saturated rings. The molecule has 1 N–H and O–H groups in total. The molecule has 1 amide bonds. The van der Waals surface area contributed by atoms with Gasteiger partial charge < -0.3 is 10.2 Å². The van der Waals surface area contributed by atoms with Crippen molar-refractivity contribution in [3.63, 3.8) is 0 Å². The molecule has 5 nitrogen and oxygen atoms in total. The van der Waals surface area contributed by atoms with Crippen LogP contribution in [0.25, 0.3) is 0 Å². The predicted molar refractivity (Wildman–Crippen MR) is 104 cm³/mol. The molecular weight excluding hydrogens is 324 g/mol. The Kier molecular flexibility index (Phi) is 6.21. The SMILES string of the molecule is CC(C)N(Cc1ccccc1)C(=O)c1cnc(NC2CCCCC2)nc1. The first kappa shape index (κ1) is 18.4. The standard InChI is InChI=1S/C21H28N4O/c1-16(2)25(15-17-9-5-3-6-10-17)20(26)18-13-22-21(23-14-18)24-19-11-7-4-8-12-19/h3,5-6,9-10,13-14,16,19H,4,7-8,11-12,15H2,1-2H3,(H,22,23,24). The van der Waals surface area contributed by atoms with Crippen LogP contribution in [-0.2, 0) is 6.54 Å². The highest BCUT2D eigenvalue weighted by Crippen LogP contribution is 2.20. The Morgan fingerprint density at radius 2 is 1.77 bits per heavy atom. The number of amides is 1. The second kappa shape index (κ2) is 8.79. The first-order valence-corrected chi connectivity index (χ1v) is 9.57. The fraction of sp³-hybridized carbons (Fsp3) is 0.476. The van der Waals surface area contributed by atoms with Crippen LogP contribution in [0.3, 0.4) is 0 Å². The van der Waals surface area contributed by atoms with Gasteiger partial charge in [-0.2, -0.15) is 0 Å². The molecule has 26 heavy (non-hydrogen) atoms. The molecule has 0 radical (unpaired) electrons. The summed E-state index contributed by atoms with van der Waals surface area (Å²) in [4.78, 5) is 23.5. The summed E-state index contributed by atoms with van der Waals surface area (Å²) in [5, 5.41) is 3.39.